The summed E-state index contributed by atoms with van der Waals surface area (Å²) in [5.41, 5.74) is 1.56. The van der Waals surface area contributed by atoms with Gasteiger partial charge in [0, 0.05) is 63.8 Å². The third-order valence-electron chi connectivity index (χ3n) is 6.71. The number of amides is 1. The molecule has 33 heavy (non-hydrogen) atoms. The van der Waals surface area contributed by atoms with Gasteiger partial charge in [-0.15, -0.1) is 10.2 Å². The molecule has 1 N–H and O–H groups in total. The number of benzene rings is 1. The number of aromatic nitrogens is 2. The van der Waals surface area contributed by atoms with Crippen LogP contribution in [0.4, 0.5) is 10.2 Å². The maximum atomic E-state index is 13.1. The predicted octanol–water partition coefficient (Wildman–Crippen LogP) is 2.64. The van der Waals surface area contributed by atoms with E-state index < -0.39 is 0 Å². The fraction of sp³-hybridized carbons (Fsp3) is 0.560. The topological polar surface area (TPSA) is 64.6 Å². The summed E-state index contributed by atoms with van der Waals surface area (Å²) in [5, 5.41) is 11.8. The molecule has 0 unspecified atom stereocenters. The first-order valence-corrected chi connectivity index (χ1v) is 12.2. The summed E-state index contributed by atoms with van der Waals surface area (Å²) < 4.78 is 13.1. The largest absolute Gasteiger partial charge is 0.355 e. The third kappa shape index (κ3) is 6.48. The molecule has 3 heterocycles. The van der Waals surface area contributed by atoms with Crippen molar-refractivity contribution in [2.24, 2.45) is 5.92 Å². The molecule has 7 nitrogen and oxygen atoms in total. The molecule has 4 rings (SSSR count). The van der Waals surface area contributed by atoms with Crippen LogP contribution in [-0.2, 0) is 4.79 Å². The van der Waals surface area contributed by atoms with Crippen LogP contribution in [-0.4, -0.2) is 84.8 Å². The van der Waals surface area contributed by atoms with Crippen molar-refractivity contribution < 1.29 is 9.18 Å². The van der Waals surface area contributed by atoms with Crippen LogP contribution >= 0.6 is 0 Å². The van der Waals surface area contributed by atoms with Crippen LogP contribution in [0.25, 0.3) is 11.3 Å². The average molecular weight is 455 g/mol. The van der Waals surface area contributed by atoms with Gasteiger partial charge in [-0.3, -0.25) is 9.69 Å². The Labute approximate surface area is 196 Å². The smallest absolute Gasteiger partial charge is 0.223 e. The lowest BCUT2D eigenvalue weighted by Crippen LogP contribution is -2.49. The molecule has 2 fully saturated rings. The molecule has 1 aromatic carbocycles. The molecule has 8 heteroatoms. The number of halogens is 1. The van der Waals surface area contributed by atoms with Crippen LogP contribution in [0.1, 0.15) is 26.2 Å². The van der Waals surface area contributed by atoms with Gasteiger partial charge in [0.2, 0.25) is 5.91 Å². The molecular weight excluding hydrogens is 419 g/mol. The number of nitrogens with one attached hydrogen (secondary N) is 1. The van der Waals surface area contributed by atoms with E-state index in [4.69, 9.17) is 0 Å². The highest BCUT2D eigenvalue weighted by molar-refractivity contribution is 5.79. The normalized spacial score (nSPS) is 18.4. The zero-order valence-electron chi connectivity index (χ0n) is 19.5. The first-order valence-electron chi connectivity index (χ1n) is 12.2. The fourth-order valence-electron chi connectivity index (χ4n) is 4.67. The van der Waals surface area contributed by atoms with E-state index in [1.165, 1.54) is 25.1 Å². The molecule has 1 aromatic heterocycles. The second-order valence-electron chi connectivity index (χ2n) is 9.02. The number of piperazine rings is 1. The van der Waals surface area contributed by atoms with Crippen molar-refractivity contribution >= 4 is 11.7 Å². The minimum absolute atomic E-state index is 0.0640. The lowest BCUT2D eigenvalue weighted by atomic mass is 9.96. The van der Waals surface area contributed by atoms with E-state index in [1.54, 1.807) is 12.1 Å². The number of nitrogens with zero attached hydrogens (tertiary/aromatic N) is 5. The highest BCUT2D eigenvalue weighted by atomic mass is 19.1. The summed E-state index contributed by atoms with van der Waals surface area (Å²) in [6, 6.07) is 10.1. The Kier molecular flexibility index (Phi) is 8.23. The molecule has 0 spiro atoms. The number of hydrogen-bond acceptors (Lipinski definition) is 6. The van der Waals surface area contributed by atoms with Gasteiger partial charge >= 0.3 is 0 Å². The van der Waals surface area contributed by atoms with E-state index in [2.05, 4.69) is 37.1 Å². The second-order valence-corrected chi connectivity index (χ2v) is 9.02. The summed E-state index contributed by atoms with van der Waals surface area (Å²) >= 11 is 0. The Morgan fingerprint density at radius 3 is 2.21 bits per heavy atom. The van der Waals surface area contributed by atoms with Crippen molar-refractivity contribution in [2.75, 3.05) is 63.8 Å². The zero-order valence-corrected chi connectivity index (χ0v) is 19.5. The highest BCUT2D eigenvalue weighted by Gasteiger charge is 2.26. The van der Waals surface area contributed by atoms with E-state index in [0.717, 1.165) is 82.3 Å². The van der Waals surface area contributed by atoms with Gasteiger partial charge in [0.1, 0.15) is 5.82 Å². The first kappa shape index (κ1) is 23.6. The van der Waals surface area contributed by atoms with Gasteiger partial charge in [-0.25, -0.2) is 4.39 Å². The summed E-state index contributed by atoms with van der Waals surface area (Å²) in [4.78, 5) is 19.8. The number of carbonyl (C=O) groups excluding carboxylic acids is 1. The Morgan fingerprint density at radius 2 is 1.61 bits per heavy atom. The molecule has 0 bridgehead atoms. The molecule has 178 valence electrons. The van der Waals surface area contributed by atoms with Gasteiger partial charge in [-0.1, -0.05) is 6.92 Å². The zero-order chi connectivity index (χ0) is 23.0. The van der Waals surface area contributed by atoms with Crippen LogP contribution < -0.4 is 10.2 Å². The van der Waals surface area contributed by atoms with Crippen LogP contribution in [0.5, 0.6) is 0 Å². The number of hydrogen-bond donors (Lipinski definition) is 1. The van der Waals surface area contributed by atoms with Gasteiger partial charge in [0.05, 0.1) is 5.69 Å². The summed E-state index contributed by atoms with van der Waals surface area (Å²) in [6.07, 6.45) is 2.86. The maximum absolute atomic E-state index is 13.1. The van der Waals surface area contributed by atoms with Gasteiger partial charge in [0.15, 0.2) is 5.82 Å². The van der Waals surface area contributed by atoms with E-state index in [9.17, 15) is 9.18 Å². The van der Waals surface area contributed by atoms with Crippen LogP contribution in [0.2, 0.25) is 0 Å². The van der Waals surface area contributed by atoms with Gasteiger partial charge < -0.3 is 15.1 Å². The van der Waals surface area contributed by atoms with Crippen molar-refractivity contribution in [1.82, 2.24) is 25.3 Å². The molecular formula is C25H35FN6O. The lowest BCUT2D eigenvalue weighted by Gasteiger charge is -2.35. The molecule has 2 aromatic rings. The minimum atomic E-state index is -0.263. The molecule has 0 saturated carbocycles. The Bertz CT molecular complexity index is 875. The predicted molar refractivity (Wildman–Crippen MR) is 129 cm³/mol. The van der Waals surface area contributed by atoms with Gasteiger partial charge in [-0.2, -0.15) is 0 Å². The van der Waals surface area contributed by atoms with Crippen LogP contribution in [0, 0.1) is 11.7 Å². The SMILES string of the molecule is CCCN1CCN(CCNC(=O)C2CCN(c3ccc(-c4ccc(F)cc4)nn3)CC2)CC1. The number of piperidine rings is 1. The van der Waals surface area contributed by atoms with E-state index in [0.29, 0.717) is 0 Å². The van der Waals surface area contributed by atoms with E-state index in [1.807, 2.05) is 12.1 Å². The van der Waals surface area contributed by atoms with Crippen molar-refractivity contribution in [3.63, 3.8) is 0 Å². The Morgan fingerprint density at radius 1 is 0.939 bits per heavy atom. The highest BCUT2D eigenvalue weighted by Crippen LogP contribution is 2.23. The third-order valence-corrected chi connectivity index (χ3v) is 6.71. The minimum Gasteiger partial charge on any atom is -0.355 e. The second kappa shape index (κ2) is 11.5. The number of anilines is 1. The summed E-state index contributed by atoms with van der Waals surface area (Å²) in [7, 11) is 0. The van der Waals surface area contributed by atoms with Crippen molar-refractivity contribution in [1.29, 1.82) is 0 Å². The maximum Gasteiger partial charge on any atom is 0.223 e. The van der Waals surface area contributed by atoms with Crippen LogP contribution in [0.3, 0.4) is 0 Å². The van der Waals surface area contributed by atoms with Gasteiger partial charge in [-0.05, 0) is 62.2 Å². The molecule has 0 atom stereocenters. The van der Waals surface area contributed by atoms with E-state index in [-0.39, 0.29) is 17.6 Å². The fourth-order valence-corrected chi connectivity index (χ4v) is 4.67. The van der Waals surface area contributed by atoms with Crippen LogP contribution in [0.15, 0.2) is 36.4 Å². The first-order chi connectivity index (χ1) is 16.1. The summed E-state index contributed by atoms with van der Waals surface area (Å²) in [5.74, 6) is 0.800. The molecule has 2 saturated heterocycles. The van der Waals surface area contributed by atoms with Crippen molar-refractivity contribution in [2.45, 2.75) is 26.2 Å². The standard InChI is InChI=1S/C25H35FN6O/c1-2-12-30-16-18-31(19-17-30)15-11-27-25(33)21-9-13-32(14-10-21)24-8-7-23(28-29-24)20-3-5-22(26)6-4-20/h3-8,21H,2,9-19H2,1H3,(H,27,33). The van der Waals surface area contributed by atoms with Crippen molar-refractivity contribution in [3.05, 3.63) is 42.2 Å². The van der Waals surface area contributed by atoms with Crippen molar-refractivity contribution in [3.8, 4) is 11.3 Å². The molecule has 1 amide bonds. The Balaban J connectivity index is 1.17. The van der Waals surface area contributed by atoms with E-state index >= 15 is 0 Å². The molecule has 0 aliphatic carbocycles. The number of carbonyl (C=O) groups is 1. The lowest BCUT2D eigenvalue weighted by molar-refractivity contribution is -0.125. The summed E-state index contributed by atoms with van der Waals surface area (Å²) in [6.45, 7) is 11.1. The monoisotopic (exact) mass is 454 g/mol. The molecule has 0 radical (unpaired) electrons. The molecule has 2 aliphatic heterocycles. The molecule has 2 aliphatic rings. The number of rotatable bonds is 8. The van der Waals surface area contributed by atoms with Gasteiger partial charge in [0.25, 0.3) is 0 Å². The quantitative estimate of drug-likeness (QED) is 0.662. The Hall–Kier alpha value is -2.58. The average Bonchev–Trinajstić information content (AvgIpc) is 2.86.